The van der Waals surface area contributed by atoms with Gasteiger partial charge in [-0.2, -0.15) is 0 Å². The van der Waals surface area contributed by atoms with Gasteiger partial charge in [0, 0.05) is 6.10 Å². The van der Waals surface area contributed by atoms with E-state index in [-0.39, 0.29) is 11.2 Å². The number of hydrogen-bond acceptors (Lipinski definition) is 3. The van der Waals surface area contributed by atoms with Gasteiger partial charge in [-0.25, -0.2) is 0 Å². The Balaban J connectivity index is 1.52. The van der Waals surface area contributed by atoms with Gasteiger partial charge >= 0.3 is 0 Å². The van der Waals surface area contributed by atoms with Gasteiger partial charge in [0.1, 0.15) is 0 Å². The van der Waals surface area contributed by atoms with Crippen LogP contribution in [0.3, 0.4) is 0 Å². The minimum Gasteiger partial charge on any atom is -0.414 e. The molecule has 0 bridgehead atoms. The lowest BCUT2D eigenvalue weighted by atomic mass is 9.44. The van der Waals surface area contributed by atoms with Crippen molar-refractivity contribution in [2.24, 2.45) is 40.4 Å². The smallest absolute Gasteiger partial charge is 0.187 e. The van der Waals surface area contributed by atoms with E-state index in [1.807, 2.05) is 0 Å². The molecule has 0 aromatic carbocycles. The van der Waals surface area contributed by atoms with Gasteiger partial charge in [-0.1, -0.05) is 48.0 Å². The second-order valence-electron chi connectivity index (χ2n) is 19.7. The summed E-state index contributed by atoms with van der Waals surface area (Å²) >= 11 is 0. The van der Waals surface area contributed by atoms with Crippen LogP contribution in [0.1, 0.15) is 132 Å². The second kappa shape index (κ2) is 13.7. The van der Waals surface area contributed by atoms with Crippen molar-refractivity contribution in [1.29, 1.82) is 0 Å². The molecule has 4 aliphatic rings. The molecular weight excluding hydrogens is 601 g/mol. The van der Waals surface area contributed by atoms with Crippen LogP contribution in [-0.4, -0.2) is 42.3 Å². The monoisotopic (exact) mass is 679 g/mol. The summed E-state index contributed by atoms with van der Waals surface area (Å²) in [6.45, 7) is 34.4. The first-order valence-electron chi connectivity index (χ1n) is 19.8. The Morgan fingerprint density at radius 3 is 2.00 bits per heavy atom. The van der Waals surface area contributed by atoms with Crippen molar-refractivity contribution >= 4 is 25.0 Å². The summed E-state index contributed by atoms with van der Waals surface area (Å²) in [5.41, 5.74) is 0.828. The van der Waals surface area contributed by atoms with Crippen molar-refractivity contribution in [3.8, 4) is 0 Å². The van der Waals surface area contributed by atoms with E-state index in [1.54, 1.807) is 0 Å². The van der Waals surface area contributed by atoms with Gasteiger partial charge in [0.15, 0.2) is 25.0 Å². The molecule has 4 aliphatic carbocycles. The molecule has 0 radical (unpaired) electrons. The third-order valence-electron chi connectivity index (χ3n) is 15.1. The standard InChI is InChI=1S/C39H78O3Si3/c1-15-43(9,10)40-32-22-26-37(7)31(29-32)20-21-33-34(37)23-27-38(8)35(33)24-28-39(38,42-45(13,14)17-3)30(4)19-18-25-36(5,6)41-44(11,12)16-2/h30-35H,15-29H2,1-14H3/t30?,31-,32-,33?,34?,35?,37?,38?,39-/m0/s1. The molecule has 0 saturated heterocycles. The minimum absolute atomic E-state index is 0.0241. The Morgan fingerprint density at radius 2 is 1.38 bits per heavy atom. The lowest BCUT2D eigenvalue weighted by Crippen LogP contribution is -2.61. The van der Waals surface area contributed by atoms with Gasteiger partial charge in [-0.3, -0.25) is 0 Å². The van der Waals surface area contributed by atoms with Gasteiger partial charge in [-0.15, -0.1) is 0 Å². The molecule has 0 spiro atoms. The first-order valence-corrected chi connectivity index (χ1v) is 29.1. The highest BCUT2D eigenvalue weighted by Crippen LogP contribution is 2.70. The van der Waals surface area contributed by atoms with E-state index in [2.05, 4.69) is 94.7 Å². The van der Waals surface area contributed by atoms with Gasteiger partial charge in [0.2, 0.25) is 0 Å². The highest BCUT2D eigenvalue weighted by atomic mass is 28.4. The molecule has 4 rings (SSSR count). The summed E-state index contributed by atoms with van der Waals surface area (Å²) in [7, 11) is -4.85. The van der Waals surface area contributed by atoms with Crippen LogP contribution in [0.15, 0.2) is 0 Å². The molecule has 9 atom stereocenters. The average molecular weight is 679 g/mol. The molecule has 45 heavy (non-hydrogen) atoms. The van der Waals surface area contributed by atoms with E-state index in [0.717, 1.165) is 30.1 Å². The fourth-order valence-corrected chi connectivity index (χ4v) is 16.2. The maximum absolute atomic E-state index is 7.73. The van der Waals surface area contributed by atoms with Crippen molar-refractivity contribution in [2.45, 2.75) is 207 Å². The molecule has 6 unspecified atom stereocenters. The van der Waals surface area contributed by atoms with E-state index < -0.39 is 25.0 Å². The molecule has 0 N–H and O–H groups in total. The molecule has 4 fully saturated rings. The van der Waals surface area contributed by atoms with E-state index in [0.29, 0.717) is 22.9 Å². The van der Waals surface area contributed by atoms with Gasteiger partial charge in [0.05, 0.1) is 11.2 Å². The van der Waals surface area contributed by atoms with Gasteiger partial charge in [-0.05, 0) is 182 Å². The Morgan fingerprint density at radius 1 is 0.756 bits per heavy atom. The highest BCUT2D eigenvalue weighted by molar-refractivity contribution is 6.71. The summed E-state index contributed by atoms with van der Waals surface area (Å²) in [4.78, 5) is 0. The van der Waals surface area contributed by atoms with E-state index in [1.165, 1.54) is 88.8 Å². The predicted octanol–water partition coefficient (Wildman–Crippen LogP) is 12.4. The second-order valence-corrected chi connectivity index (χ2v) is 33.0. The van der Waals surface area contributed by atoms with Crippen molar-refractivity contribution in [3.63, 3.8) is 0 Å². The topological polar surface area (TPSA) is 27.7 Å². The summed E-state index contributed by atoms with van der Waals surface area (Å²) in [6.07, 6.45) is 16.6. The molecular formula is C39H78O3Si3. The van der Waals surface area contributed by atoms with Crippen LogP contribution in [-0.2, 0) is 13.3 Å². The highest BCUT2D eigenvalue weighted by Gasteiger charge is 2.67. The summed E-state index contributed by atoms with van der Waals surface area (Å²) in [5, 5.41) is 0. The third-order valence-corrected chi connectivity index (χ3v) is 23.2. The normalized spacial score (nSPS) is 38.4. The Labute approximate surface area is 284 Å². The van der Waals surface area contributed by atoms with Crippen LogP contribution in [0.25, 0.3) is 0 Å². The van der Waals surface area contributed by atoms with Crippen molar-refractivity contribution < 1.29 is 13.3 Å². The van der Waals surface area contributed by atoms with E-state index in [4.69, 9.17) is 13.3 Å². The SMILES string of the molecule is CC[Si](C)(C)O[C@H]1CCC2(C)C3CCC4(C)C(CC[C@]4(O[Si](C)(C)CC)C(C)CCCC(C)(C)O[Si](C)(C)CC)C3CC[C@H]2C1. The van der Waals surface area contributed by atoms with Crippen LogP contribution >= 0.6 is 0 Å². The van der Waals surface area contributed by atoms with E-state index >= 15 is 0 Å². The molecule has 264 valence electrons. The number of rotatable bonds is 14. The number of hydrogen-bond donors (Lipinski definition) is 0. The largest absolute Gasteiger partial charge is 0.414 e. The van der Waals surface area contributed by atoms with Crippen molar-refractivity contribution in [1.82, 2.24) is 0 Å². The van der Waals surface area contributed by atoms with Crippen molar-refractivity contribution in [2.75, 3.05) is 0 Å². The first-order chi connectivity index (χ1) is 20.7. The number of fused-ring (bicyclic) bond motifs is 5. The van der Waals surface area contributed by atoms with Gasteiger partial charge < -0.3 is 13.3 Å². The predicted molar refractivity (Wildman–Crippen MR) is 202 cm³/mol. The fourth-order valence-electron chi connectivity index (χ4n) is 11.5. The fraction of sp³-hybridized carbons (Fsp3) is 1.00. The zero-order valence-electron chi connectivity index (χ0n) is 32.8. The summed E-state index contributed by atoms with van der Waals surface area (Å²) in [6, 6.07) is 3.64. The summed E-state index contributed by atoms with van der Waals surface area (Å²) in [5.74, 6) is 4.08. The lowest BCUT2D eigenvalue weighted by molar-refractivity contribution is -0.166. The van der Waals surface area contributed by atoms with E-state index in [9.17, 15) is 0 Å². The molecule has 0 aliphatic heterocycles. The maximum atomic E-state index is 7.73. The Kier molecular flexibility index (Phi) is 11.7. The first kappa shape index (κ1) is 38.3. The average Bonchev–Trinajstić information content (AvgIpc) is 3.24. The van der Waals surface area contributed by atoms with Crippen LogP contribution in [0.4, 0.5) is 0 Å². The van der Waals surface area contributed by atoms with Crippen LogP contribution in [0.2, 0.25) is 57.4 Å². The molecule has 0 aromatic rings. The van der Waals surface area contributed by atoms with Crippen LogP contribution in [0.5, 0.6) is 0 Å². The lowest BCUT2D eigenvalue weighted by Gasteiger charge is -2.63. The van der Waals surface area contributed by atoms with Crippen LogP contribution < -0.4 is 0 Å². The third kappa shape index (κ3) is 7.81. The minimum atomic E-state index is -1.76. The molecule has 0 heterocycles. The zero-order valence-corrected chi connectivity index (χ0v) is 35.8. The maximum Gasteiger partial charge on any atom is 0.187 e. The summed E-state index contributed by atoms with van der Waals surface area (Å²) < 4.78 is 21.4. The molecule has 6 heteroatoms. The molecule has 4 saturated carbocycles. The molecule has 0 amide bonds. The van der Waals surface area contributed by atoms with Crippen molar-refractivity contribution in [3.05, 3.63) is 0 Å². The zero-order chi connectivity index (χ0) is 33.7. The van der Waals surface area contributed by atoms with Gasteiger partial charge in [0.25, 0.3) is 0 Å². The Hall–Kier alpha value is 0.531. The molecule has 3 nitrogen and oxygen atoms in total. The van der Waals surface area contributed by atoms with Crippen LogP contribution in [0, 0.1) is 40.4 Å². The quantitative estimate of drug-likeness (QED) is 0.171. The Bertz CT molecular complexity index is 996. The molecule has 0 aromatic heterocycles.